The third-order valence-electron chi connectivity index (χ3n) is 2.66. The molecule has 0 spiro atoms. The number of rotatable bonds is 6. The van der Waals surface area contributed by atoms with Crippen LogP contribution >= 0.6 is 11.6 Å². The highest BCUT2D eigenvalue weighted by Crippen LogP contribution is 2.20. The summed E-state index contributed by atoms with van der Waals surface area (Å²) in [6, 6.07) is 9.98. The van der Waals surface area contributed by atoms with Crippen molar-refractivity contribution in [3.05, 3.63) is 63.4 Å². The first-order valence-electron chi connectivity index (χ1n) is 6.12. The van der Waals surface area contributed by atoms with Crippen molar-refractivity contribution in [2.45, 2.75) is 0 Å². The van der Waals surface area contributed by atoms with Gasteiger partial charge in [-0.3, -0.25) is 10.1 Å². The van der Waals surface area contributed by atoms with Crippen molar-refractivity contribution in [2.75, 3.05) is 18.5 Å². The Balaban J connectivity index is 1.81. The molecule has 0 aliphatic rings. The highest BCUT2D eigenvalue weighted by atomic mass is 35.5. The van der Waals surface area contributed by atoms with Gasteiger partial charge in [-0.25, -0.2) is 4.39 Å². The van der Waals surface area contributed by atoms with Gasteiger partial charge in [0.15, 0.2) is 0 Å². The summed E-state index contributed by atoms with van der Waals surface area (Å²) in [7, 11) is 0. The van der Waals surface area contributed by atoms with Crippen molar-refractivity contribution in [1.29, 1.82) is 0 Å². The van der Waals surface area contributed by atoms with Gasteiger partial charge in [0.2, 0.25) is 0 Å². The van der Waals surface area contributed by atoms with Crippen molar-refractivity contribution in [3.63, 3.8) is 0 Å². The number of non-ortho nitro benzene ring substituents is 1. The second-order valence-corrected chi connectivity index (χ2v) is 4.59. The van der Waals surface area contributed by atoms with Crippen LogP contribution in [0.4, 0.5) is 15.8 Å². The number of benzene rings is 2. The molecule has 0 aliphatic heterocycles. The van der Waals surface area contributed by atoms with Gasteiger partial charge in [-0.15, -0.1) is 0 Å². The van der Waals surface area contributed by atoms with Crippen LogP contribution in [0.2, 0.25) is 5.02 Å². The lowest BCUT2D eigenvalue weighted by Crippen LogP contribution is -2.12. The van der Waals surface area contributed by atoms with E-state index in [0.717, 1.165) is 0 Å². The maximum absolute atomic E-state index is 13.4. The number of anilines is 1. The molecule has 7 heteroatoms. The molecule has 0 radical (unpaired) electrons. The van der Waals surface area contributed by atoms with Crippen molar-refractivity contribution in [2.24, 2.45) is 0 Å². The monoisotopic (exact) mass is 310 g/mol. The molecule has 2 rings (SSSR count). The van der Waals surface area contributed by atoms with E-state index >= 15 is 0 Å². The molecule has 0 aromatic heterocycles. The zero-order chi connectivity index (χ0) is 15.2. The minimum atomic E-state index is -0.479. The first kappa shape index (κ1) is 15.1. The smallest absolute Gasteiger partial charge is 0.269 e. The standard InChI is InChI=1S/C14H12ClFN2O3/c15-10-1-6-13(16)14(9-10)17-7-8-21-12-4-2-11(3-5-12)18(19)20/h1-6,9,17H,7-8H2. The topological polar surface area (TPSA) is 64.4 Å². The third kappa shape index (κ3) is 4.32. The predicted octanol–water partition coefficient (Wildman–Crippen LogP) is 3.88. The first-order valence-corrected chi connectivity index (χ1v) is 6.50. The van der Waals surface area contributed by atoms with Crippen LogP contribution in [0.1, 0.15) is 0 Å². The van der Waals surface area contributed by atoms with Gasteiger partial charge in [-0.1, -0.05) is 11.6 Å². The van der Waals surface area contributed by atoms with Gasteiger partial charge >= 0.3 is 0 Å². The number of hydrogen-bond donors (Lipinski definition) is 1. The van der Waals surface area contributed by atoms with Gasteiger partial charge in [-0.05, 0) is 30.3 Å². The van der Waals surface area contributed by atoms with Crippen molar-refractivity contribution < 1.29 is 14.1 Å². The van der Waals surface area contributed by atoms with Crippen LogP contribution in [0, 0.1) is 15.9 Å². The van der Waals surface area contributed by atoms with Crippen molar-refractivity contribution >= 4 is 23.0 Å². The fraction of sp³-hybridized carbons (Fsp3) is 0.143. The Morgan fingerprint density at radius 1 is 1.24 bits per heavy atom. The van der Waals surface area contributed by atoms with Gasteiger partial charge in [0.25, 0.3) is 5.69 Å². The molecule has 0 amide bonds. The predicted molar refractivity (Wildman–Crippen MR) is 78.5 cm³/mol. The van der Waals surface area contributed by atoms with Crippen LogP contribution in [-0.4, -0.2) is 18.1 Å². The number of nitro benzene ring substituents is 1. The second-order valence-electron chi connectivity index (χ2n) is 4.15. The van der Waals surface area contributed by atoms with Gasteiger partial charge in [0, 0.05) is 23.7 Å². The summed E-state index contributed by atoms with van der Waals surface area (Å²) in [6.07, 6.45) is 0. The highest BCUT2D eigenvalue weighted by Gasteiger charge is 2.05. The lowest BCUT2D eigenvalue weighted by molar-refractivity contribution is -0.384. The van der Waals surface area contributed by atoms with E-state index in [4.69, 9.17) is 16.3 Å². The van der Waals surface area contributed by atoms with Gasteiger partial charge in [0.05, 0.1) is 10.6 Å². The molecular formula is C14H12ClFN2O3. The Bertz CT molecular complexity index is 635. The molecule has 0 bridgehead atoms. The maximum atomic E-state index is 13.4. The Hall–Kier alpha value is -2.34. The number of halogens is 2. The third-order valence-corrected chi connectivity index (χ3v) is 2.90. The molecule has 2 aromatic carbocycles. The molecule has 21 heavy (non-hydrogen) atoms. The van der Waals surface area contributed by atoms with E-state index in [1.807, 2.05) is 0 Å². The molecule has 0 atom stereocenters. The Kier molecular flexibility index (Phi) is 4.94. The summed E-state index contributed by atoms with van der Waals surface area (Å²) >= 11 is 5.77. The molecule has 5 nitrogen and oxygen atoms in total. The van der Waals surface area contributed by atoms with E-state index < -0.39 is 10.7 Å². The van der Waals surface area contributed by atoms with E-state index in [1.54, 1.807) is 0 Å². The molecule has 0 saturated heterocycles. The summed E-state index contributed by atoms with van der Waals surface area (Å²) in [4.78, 5) is 10.0. The number of nitrogens with one attached hydrogen (secondary N) is 1. The SMILES string of the molecule is O=[N+]([O-])c1ccc(OCCNc2cc(Cl)ccc2F)cc1. The Morgan fingerprint density at radius 3 is 2.62 bits per heavy atom. The van der Waals surface area contributed by atoms with Crippen LogP contribution in [0.5, 0.6) is 5.75 Å². The van der Waals surface area contributed by atoms with Gasteiger partial charge in [-0.2, -0.15) is 0 Å². The van der Waals surface area contributed by atoms with Crippen LogP contribution in [0.25, 0.3) is 0 Å². The molecule has 110 valence electrons. The quantitative estimate of drug-likeness (QED) is 0.499. The second kappa shape index (κ2) is 6.90. The first-order chi connectivity index (χ1) is 10.1. The van der Waals surface area contributed by atoms with Gasteiger partial charge < -0.3 is 10.1 Å². The summed E-state index contributed by atoms with van der Waals surface area (Å²) in [5.74, 6) is 0.115. The Labute approximate surface area is 125 Å². The van der Waals surface area contributed by atoms with E-state index in [0.29, 0.717) is 23.0 Å². The van der Waals surface area contributed by atoms with Crippen LogP contribution < -0.4 is 10.1 Å². The highest BCUT2D eigenvalue weighted by molar-refractivity contribution is 6.30. The maximum Gasteiger partial charge on any atom is 0.269 e. The molecule has 0 heterocycles. The minimum Gasteiger partial charge on any atom is -0.492 e. The zero-order valence-corrected chi connectivity index (χ0v) is 11.6. The number of nitro groups is 1. The molecule has 0 saturated carbocycles. The number of hydrogen-bond acceptors (Lipinski definition) is 4. The number of nitrogens with zero attached hydrogens (tertiary/aromatic N) is 1. The largest absolute Gasteiger partial charge is 0.492 e. The van der Waals surface area contributed by atoms with E-state index in [-0.39, 0.29) is 12.3 Å². The summed E-state index contributed by atoms with van der Waals surface area (Å²) < 4.78 is 18.8. The van der Waals surface area contributed by atoms with E-state index in [2.05, 4.69) is 5.32 Å². The van der Waals surface area contributed by atoms with Crippen LogP contribution in [0.15, 0.2) is 42.5 Å². The molecule has 0 unspecified atom stereocenters. The van der Waals surface area contributed by atoms with E-state index in [1.165, 1.54) is 42.5 Å². The van der Waals surface area contributed by atoms with Crippen molar-refractivity contribution in [3.8, 4) is 5.75 Å². The zero-order valence-electron chi connectivity index (χ0n) is 10.9. The number of ether oxygens (including phenoxy) is 1. The lowest BCUT2D eigenvalue weighted by atomic mass is 10.3. The average molecular weight is 311 g/mol. The normalized spacial score (nSPS) is 10.2. The molecule has 1 N–H and O–H groups in total. The summed E-state index contributed by atoms with van der Waals surface area (Å²) in [6.45, 7) is 0.651. The summed E-state index contributed by atoms with van der Waals surface area (Å²) in [5.41, 5.74) is 0.302. The Morgan fingerprint density at radius 2 is 1.95 bits per heavy atom. The fourth-order valence-corrected chi connectivity index (χ4v) is 1.82. The van der Waals surface area contributed by atoms with Crippen LogP contribution in [0.3, 0.4) is 0 Å². The molecule has 0 aliphatic carbocycles. The van der Waals surface area contributed by atoms with Crippen molar-refractivity contribution in [1.82, 2.24) is 0 Å². The molecular weight excluding hydrogens is 299 g/mol. The summed E-state index contributed by atoms with van der Waals surface area (Å²) in [5, 5.41) is 13.8. The lowest BCUT2D eigenvalue weighted by Gasteiger charge is -2.09. The average Bonchev–Trinajstić information content (AvgIpc) is 2.47. The molecule has 2 aromatic rings. The minimum absolute atomic E-state index is 0.00136. The van der Waals surface area contributed by atoms with E-state index in [9.17, 15) is 14.5 Å². The van der Waals surface area contributed by atoms with Crippen LogP contribution in [-0.2, 0) is 0 Å². The fourth-order valence-electron chi connectivity index (χ4n) is 1.65. The van der Waals surface area contributed by atoms with Gasteiger partial charge in [0.1, 0.15) is 18.2 Å². The molecule has 0 fully saturated rings.